The summed E-state index contributed by atoms with van der Waals surface area (Å²) in [5, 5.41) is 17.7. The predicted octanol–water partition coefficient (Wildman–Crippen LogP) is 1.99. The zero-order valence-corrected chi connectivity index (χ0v) is 12.6. The summed E-state index contributed by atoms with van der Waals surface area (Å²) >= 11 is 0. The zero-order chi connectivity index (χ0) is 15.9. The minimum absolute atomic E-state index is 0.0364. The number of carbonyl (C=O) groups is 1. The molecule has 116 valence electrons. The normalized spacial score (nSPS) is 11.7. The molecule has 0 fully saturated rings. The fourth-order valence-electron chi connectivity index (χ4n) is 1.61. The Hall–Kier alpha value is -1.86. The topological polar surface area (TPSA) is 94.9 Å². The SMILES string of the molecule is Cc1ccc(S(=O)(=O)N(CC=CCCCO)C(=O)O)cc1. The summed E-state index contributed by atoms with van der Waals surface area (Å²) in [5.41, 5.74) is 0.889. The quantitative estimate of drug-likeness (QED) is 0.593. The van der Waals surface area contributed by atoms with E-state index in [1.807, 2.05) is 6.92 Å². The third kappa shape index (κ3) is 4.87. The van der Waals surface area contributed by atoms with Gasteiger partial charge in [-0.2, -0.15) is 4.31 Å². The van der Waals surface area contributed by atoms with Crippen molar-refractivity contribution >= 4 is 16.1 Å². The largest absolute Gasteiger partial charge is 0.464 e. The van der Waals surface area contributed by atoms with Crippen LogP contribution in [0.25, 0.3) is 0 Å². The lowest BCUT2D eigenvalue weighted by molar-refractivity contribution is 0.175. The number of allylic oxidation sites excluding steroid dienone is 1. The van der Waals surface area contributed by atoms with Crippen LogP contribution in [0.4, 0.5) is 4.79 Å². The van der Waals surface area contributed by atoms with Gasteiger partial charge in [0.15, 0.2) is 0 Å². The Morgan fingerprint density at radius 2 is 1.86 bits per heavy atom. The molecule has 0 aliphatic carbocycles. The molecule has 6 nitrogen and oxygen atoms in total. The molecule has 1 amide bonds. The standard InChI is InChI=1S/C14H19NO5S/c1-12-6-8-13(9-7-12)21(19,20)15(14(17)18)10-4-2-3-5-11-16/h2,4,6-9,16H,3,5,10-11H2,1H3,(H,17,18). The van der Waals surface area contributed by atoms with Crippen LogP contribution in [0, 0.1) is 6.92 Å². The van der Waals surface area contributed by atoms with E-state index >= 15 is 0 Å². The number of carboxylic acid groups (broad SMARTS) is 1. The van der Waals surface area contributed by atoms with Gasteiger partial charge in [0.25, 0.3) is 10.0 Å². The highest BCUT2D eigenvalue weighted by molar-refractivity contribution is 7.89. The van der Waals surface area contributed by atoms with Gasteiger partial charge in [-0.1, -0.05) is 29.8 Å². The first-order valence-electron chi connectivity index (χ1n) is 6.48. The minimum Gasteiger partial charge on any atom is -0.464 e. The van der Waals surface area contributed by atoms with Gasteiger partial charge in [-0.15, -0.1) is 0 Å². The molecule has 0 radical (unpaired) electrons. The highest BCUT2D eigenvalue weighted by Crippen LogP contribution is 2.16. The smallest absolute Gasteiger partial charge is 0.421 e. The summed E-state index contributed by atoms with van der Waals surface area (Å²) in [4.78, 5) is 11.1. The number of sulfonamides is 1. The first-order chi connectivity index (χ1) is 9.89. The molecule has 7 heteroatoms. The lowest BCUT2D eigenvalue weighted by Crippen LogP contribution is -2.35. The fourth-order valence-corrected chi connectivity index (χ4v) is 2.84. The summed E-state index contributed by atoms with van der Waals surface area (Å²) in [6.45, 7) is 1.60. The molecule has 0 bridgehead atoms. The lowest BCUT2D eigenvalue weighted by atomic mass is 10.2. The third-order valence-electron chi connectivity index (χ3n) is 2.79. The maximum Gasteiger partial charge on any atom is 0.421 e. The van der Waals surface area contributed by atoms with E-state index in [0.29, 0.717) is 17.1 Å². The molecular formula is C14H19NO5S. The van der Waals surface area contributed by atoms with Crippen LogP contribution >= 0.6 is 0 Å². The van der Waals surface area contributed by atoms with Gasteiger partial charge in [-0.25, -0.2) is 13.2 Å². The van der Waals surface area contributed by atoms with Crippen LogP contribution in [-0.4, -0.2) is 42.2 Å². The summed E-state index contributed by atoms with van der Waals surface area (Å²) in [6.07, 6.45) is 2.71. The van der Waals surface area contributed by atoms with Crippen LogP contribution in [-0.2, 0) is 10.0 Å². The molecule has 1 aromatic carbocycles. The molecule has 21 heavy (non-hydrogen) atoms. The van der Waals surface area contributed by atoms with E-state index in [2.05, 4.69) is 0 Å². The van der Waals surface area contributed by atoms with Crippen molar-refractivity contribution in [1.29, 1.82) is 0 Å². The molecule has 0 spiro atoms. The molecule has 0 aromatic heterocycles. The molecule has 0 saturated heterocycles. The Balaban J connectivity index is 2.91. The first-order valence-corrected chi connectivity index (χ1v) is 7.92. The Labute approximate surface area is 124 Å². The molecular weight excluding hydrogens is 294 g/mol. The molecule has 0 heterocycles. The second-order valence-corrected chi connectivity index (χ2v) is 6.33. The van der Waals surface area contributed by atoms with Gasteiger partial charge in [0, 0.05) is 6.61 Å². The molecule has 0 aliphatic rings. The molecule has 2 N–H and O–H groups in total. The van der Waals surface area contributed by atoms with Gasteiger partial charge in [0.1, 0.15) is 0 Å². The number of hydrogen-bond donors (Lipinski definition) is 2. The molecule has 1 aromatic rings. The second kappa shape index (κ2) is 7.80. The molecule has 1 rings (SSSR count). The first kappa shape index (κ1) is 17.2. The molecule has 0 aliphatic heterocycles. The van der Waals surface area contributed by atoms with Gasteiger partial charge in [0.2, 0.25) is 0 Å². The Morgan fingerprint density at radius 1 is 1.24 bits per heavy atom. The third-order valence-corrected chi connectivity index (χ3v) is 4.54. The Kier molecular flexibility index (Phi) is 6.39. The molecule has 0 unspecified atom stereocenters. The van der Waals surface area contributed by atoms with Crippen molar-refractivity contribution in [3.63, 3.8) is 0 Å². The summed E-state index contributed by atoms with van der Waals surface area (Å²) in [7, 11) is -4.08. The fraction of sp³-hybridized carbons (Fsp3) is 0.357. The number of aryl methyl sites for hydroxylation is 1. The van der Waals surface area contributed by atoms with Gasteiger partial charge in [0.05, 0.1) is 11.4 Å². The number of nitrogens with zero attached hydrogens (tertiary/aromatic N) is 1. The average Bonchev–Trinajstić information content (AvgIpc) is 2.42. The van der Waals surface area contributed by atoms with Crippen molar-refractivity contribution in [3.8, 4) is 0 Å². The van der Waals surface area contributed by atoms with Crippen molar-refractivity contribution in [2.24, 2.45) is 0 Å². The summed E-state index contributed by atoms with van der Waals surface area (Å²) in [6, 6.07) is 6.00. The number of benzene rings is 1. The molecule has 0 saturated carbocycles. The van der Waals surface area contributed by atoms with Crippen molar-refractivity contribution < 1.29 is 23.4 Å². The number of aliphatic hydroxyl groups is 1. The number of unbranched alkanes of at least 4 members (excludes halogenated alkanes) is 1. The van der Waals surface area contributed by atoms with Gasteiger partial charge in [-0.3, -0.25) is 0 Å². The lowest BCUT2D eigenvalue weighted by Gasteiger charge is -2.17. The van der Waals surface area contributed by atoms with E-state index in [9.17, 15) is 13.2 Å². The van der Waals surface area contributed by atoms with Crippen LogP contribution in [0.2, 0.25) is 0 Å². The highest BCUT2D eigenvalue weighted by atomic mass is 32.2. The molecule has 0 atom stereocenters. The van der Waals surface area contributed by atoms with Crippen molar-refractivity contribution in [1.82, 2.24) is 4.31 Å². The van der Waals surface area contributed by atoms with Crippen molar-refractivity contribution in [2.45, 2.75) is 24.7 Å². The highest BCUT2D eigenvalue weighted by Gasteiger charge is 2.27. The van der Waals surface area contributed by atoms with Gasteiger partial charge < -0.3 is 10.2 Å². The summed E-state index contributed by atoms with van der Waals surface area (Å²) in [5.74, 6) is 0. The van der Waals surface area contributed by atoms with Crippen LogP contribution < -0.4 is 0 Å². The van der Waals surface area contributed by atoms with Crippen LogP contribution in [0.3, 0.4) is 0 Å². The van der Waals surface area contributed by atoms with E-state index in [1.54, 1.807) is 18.2 Å². The minimum atomic E-state index is -4.08. The monoisotopic (exact) mass is 313 g/mol. The zero-order valence-electron chi connectivity index (χ0n) is 11.8. The van der Waals surface area contributed by atoms with Crippen LogP contribution in [0.1, 0.15) is 18.4 Å². The van der Waals surface area contributed by atoms with Gasteiger partial charge >= 0.3 is 6.09 Å². The van der Waals surface area contributed by atoms with Crippen molar-refractivity contribution in [3.05, 3.63) is 42.0 Å². The number of hydrogen-bond acceptors (Lipinski definition) is 4. The van der Waals surface area contributed by atoms with Crippen LogP contribution in [0.15, 0.2) is 41.3 Å². The predicted molar refractivity (Wildman–Crippen MR) is 78.6 cm³/mol. The maximum atomic E-state index is 12.3. The average molecular weight is 313 g/mol. The number of amides is 1. The van der Waals surface area contributed by atoms with E-state index in [-0.39, 0.29) is 18.0 Å². The Bertz CT molecular complexity index is 592. The summed E-state index contributed by atoms with van der Waals surface area (Å²) < 4.78 is 24.9. The number of rotatable bonds is 7. The van der Waals surface area contributed by atoms with Gasteiger partial charge in [-0.05, 0) is 31.9 Å². The van der Waals surface area contributed by atoms with E-state index in [4.69, 9.17) is 10.2 Å². The van der Waals surface area contributed by atoms with Crippen LogP contribution in [0.5, 0.6) is 0 Å². The van der Waals surface area contributed by atoms with Crippen molar-refractivity contribution in [2.75, 3.05) is 13.2 Å². The van der Waals surface area contributed by atoms with E-state index in [0.717, 1.165) is 5.56 Å². The maximum absolute atomic E-state index is 12.3. The van der Waals surface area contributed by atoms with E-state index in [1.165, 1.54) is 18.2 Å². The van der Waals surface area contributed by atoms with E-state index < -0.39 is 16.1 Å². The number of aliphatic hydroxyl groups excluding tert-OH is 1. The second-order valence-electron chi connectivity index (χ2n) is 4.47. The Morgan fingerprint density at radius 3 is 2.38 bits per heavy atom.